The van der Waals surface area contributed by atoms with E-state index >= 15 is 0 Å². The van der Waals surface area contributed by atoms with Gasteiger partial charge in [0.15, 0.2) is 5.82 Å². The first-order chi connectivity index (χ1) is 13.8. The normalized spacial score (nSPS) is 23.2. The van der Waals surface area contributed by atoms with Crippen LogP contribution in [0.25, 0.3) is 0 Å². The van der Waals surface area contributed by atoms with E-state index in [-0.39, 0.29) is 12.0 Å². The lowest BCUT2D eigenvalue weighted by Gasteiger charge is -2.35. The lowest BCUT2D eigenvalue weighted by molar-refractivity contribution is -0.139. The van der Waals surface area contributed by atoms with Gasteiger partial charge in [-0.2, -0.15) is 4.98 Å². The molecule has 2 saturated heterocycles. The minimum absolute atomic E-state index is 0.234. The van der Waals surface area contributed by atoms with Crippen molar-refractivity contribution in [1.82, 2.24) is 15.0 Å². The highest BCUT2D eigenvalue weighted by atomic mass is 16.5. The van der Waals surface area contributed by atoms with Gasteiger partial charge < -0.3 is 18.9 Å². The van der Waals surface area contributed by atoms with E-state index in [9.17, 15) is 4.79 Å². The second kappa shape index (κ2) is 9.83. The standard InChI is InChI=1S/C21H33N3O4/c25-21(17-4-2-1-3-5-17)24-11-6-18(7-12-24)27-15-10-19-22-20(28-23-19)16-8-13-26-14-9-16/h16-18H,1-15H2. The van der Waals surface area contributed by atoms with Crippen LogP contribution in [0.5, 0.6) is 0 Å². The summed E-state index contributed by atoms with van der Waals surface area (Å²) in [5, 5.41) is 4.10. The Hall–Kier alpha value is -1.47. The topological polar surface area (TPSA) is 77.7 Å². The lowest BCUT2D eigenvalue weighted by Crippen LogP contribution is -2.44. The van der Waals surface area contributed by atoms with Gasteiger partial charge in [-0.05, 0) is 38.5 Å². The van der Waals surface area contributed by atoms with Crippen LogP contribution in [-0.4, -0.2) is 60.0 Å². The first-order valence-electron chi connectivity index (χ1n) is 11.1. The highest BCUT2D eigenvalue weighted by Crippen LogP contribution is 2.27. The van der Waals surface area contributed by atoms with E-state index < -0.39 is 0 Å². The van der Waals surface area contributed by atoms with Crippen LogP contribution < -0.4 is 0 Å². The number of carbonyl (C=O) groups is 1. The first kappa shape index (κ1) is 19.8. The molecule has 0 unspecified atom stereocenters. The van der Waals surface area contributed by atoms with Crippen molar-refractivity contribution in [2.75, 3.05) is 32.9 Å². The van der Waals surface area contributed by atoms with E-state index in [1.54, 1.807) is 0 Å². The van der Waals surface area contributed by atoms with Gasteiger partial charge in [0.05, 0.1) is 12.7 Å². The van der Waals surface area contributed by atoms with Crippen LogP contribution in [0.1, 0.15) is 75.4 Å². The molecule has 0 aromatic carbocycles. The zero-order valence-electron chi connectivity index (χ0n) is 16.8. The molecule has 7 heteroatoms. The van der Waals surface area contributed by atoms with Crippen molar-refractivity contribution in [2.24, 2.45) is 5.92 Å². The largest absolute Gasteiger partial charge is 0.381 e. The molecule has 4 rings (SSSR count). The number of piperidine rings is 1. The van der Waals surface area contributed by atoms with E-state index in [1.165, 1.54) is 19.3 Å². The third-order valence-corrected chi connectivity index (χ3v) is 6.44. The van der Waals surface area contributed by atoms with Crippen LogP contribution in [0.2, 0.25) is 0 Å². The SMILES string of the molecule is O=C(C1CCCCC1)N1CCC(OCCc2noc(C3CCOCC3)n2)CC1. The summed E-state index contributed by atoms with van der Waals surface area (Å²) in [6, 6.07) is 0. The predicted molar refractivity (Wildman–Crippen MR) is 103 cm³/mol. The van der Waals surface area contributed by atoms with Crippen LogP contribution in [0.4, 0.5) is 0 Å². The minimum atomic E-state index is 0.234. The zero-order chi connectivity index (χ0) is 19.2. The van der Waals surface area contributed by atoms with Crippen LogP contribution in [0.15, 0.2) is 4.52 Å². The molecule has 28 heavy (non-hydrogen) atoms. The van der Waals surface area contributed by atoms with Crippen molar-refractivity contribution in [3.8, 4) is 0 Å². The van der Waals surface area contributed by atoms with Gasteiger partial charge in [-0.25, -0.2) is 0 Å². The van der Waals surface area contributed by atoms with E-state index in [2.05, 4.69) is 15.0 Å². The molecule has 7 nitrogen and oxygen atoms in total. The second-order valence-corrected chi connectivity index (χ2v) is 8.42. The number of aromatic nitrogens is 2. The van der Waals surface area contributed by atoms with E-state index in [0.717, 1.165) is 76.5 Å². The Morgan fingerprint density at radius 2 is 1.79 bits per heavy atom. The van der Waals surface area contributed by atoms with Gasteiger partial charge in [0.25, 0.3) is 0 Å². The molecular weight excluding hydrogens is 358 g/mol. The Balaban J connectivity index is 1.15. The van der Waals surface area contributed by atoms with Gasteiger partial charge in [-0.15, -0.1) is 0 Å². The molecule has 2 aliphatic heterocycles. The molecule has 1 amide bonds. The fourth-order valence-electron chi connectivity index (χ4n) is 4.65. The van der Waals surface area contributed by atoms with E-state index in [0.29, 0.717) is 24.9 Å². The Kier molecular flexibility index (Phi) is 6.96. The molecule has 3 fully saturated rings. The van der Waals surface area contributed by atoms with Crippen molar-refractivity contribution in [2.45, 2.75) is 76.2 Å². The van der Waals surface area contributed by atoms with Gasteiger partial charge in [0, 0.05) is 44.6 Å². The fraction of sp³-hybridized carbons (Fsp3) is 0.857. The third kappa shape index (κ3) is 5.11. The molecule has 1 aliphatic carbocycles. The number of amides is 1. The van der Waals surface area contributed by atoms with Crippen LogP contribution in [-0.2, 0) is 20.7 Å². The van der Waals surface area contributed by atoms with Crippen molar-refractivity contribution < 1.29 is 18.8 Å². The Bertz CT molecular complexity index is 615. The van der Waals surface area contributed by atoms with Crippen molar-refractivity contribution in [1.29, 1.82) is 0 Å². The summed E-state index contributed by atoms with van der Waals surface area (Å²) in [4.78, 5) is 19.2. The molecule has 1 aromatic rings. The zero-order valence-corrected chi connectivity index (χ0v) is 16.8. The molecule has 156 valence electrons. The molecule has 0 N–H and O–H groups in total. The number of ether oxygens (including phenoxy) is 2. The summed E-state index contributed by atoms with van der Waals surface area (Å²) < 4.78 is 16.8. The summed E-state index contributed by atoms with van der Waals surface area (Å²) in [6.45, 7) is 3.81. The summed E-state index contributed by atoms with van der Waals surface area (Å²) >= 11 is 0. The van der Waals surface area contributed by atoms with Crippen LogP contribution in [0.3, 0.4) is 0 Å². The molecule has 1 saturated carbocycles. The van der Waals surface area contributed by atoms with Crippen molar-refractivity contribution in [3.63, 3.8) is 0 Å². The van der Waals surface area contributed by atoms with Gasteiger partial charge in [-0.3, -0.25) is 4.79 Å². The van der Waals surface area contributed by atoms with Gasteiger partial charge in [0.1, 0.15) is 0 Å². The second-order valence-electron chi connectivity index (χ2n) is 8.42. The van der Waals surface area contributed by atoms with Crippen molar-refractivity contribution >= 4 is 5.91 Å². The van der Waals surface area contributed by atoms with Crippen LogP contribution >= 0.6 is 0 Å². The molecule has 0 radical (unpaired) electrons. The summed E-state index contributed by atoms with van der Waals surface area (Å²) in [5.74, 6) is 2.46. The highest BCUT2D eigenvalue weighted by Gasteiger charge is 2.29. The van der Waals surface area contributed by atoms with Crippen LogP contribution in [0, 0.1) is 5.92 Å². The third-order valence-electron chi connectivity index (χ3n) is 6.44. The maximum absolute atomic E-state index is 12.6. The van der Waals surface area contributed by atoms with Gasteiger partial charge in [-0.1, -0.05) is 24.4 Å². The molecule has 1 aromatic heterocycles. The average Bonchev–Trinajstić information content (AvgIpc) is 3.24. The number of hydrogen-bond donors (Lipinski definition) is 0. The maximum atomic E-state index is 12.6. The van der Waals surface area contributed by atoms with E-state index in [4.69, 9.17) is 14.0 Å². The summed E-state index contributed by atoms with van der Waals surface area (Å²) in [5.41, 5.74) is 0. The smallest absolute Gasteiger partial charge is 0.229 e. The Labute approximate surface area is 167 Å². The first-order valence-corrected chi connectivity index (χ1v) is 11.1. The number of likely N-dealkylation sites (tertiary alicyclic amines) is 1. The average molecular weight is 392 g/mol. The summed E-state index contributed by atoms with van der Waals surface area (Å²) in [6.07, 6.45) is 10.5. The lowest BCUT2D eigenvalue weighted by atomic mass is 9.88. The molecule has 3 aliphatic rings. The Morgan fingerprint density at radius 3 is 2.54 bits per heavy atom. The number of rotatable bonds is 6. The maximum Gasteiger partial charge on any atom is 0.229 e. The molecule has 3 heterocycles. The number of carbonyl (C=O) groups excluding carboxylic acids is 1. The highest BCUT2D eigenvalue weighted by molar-refractivity contribution is 5.79. The molecule has 0 bridgehead atoms. The number of nitrogens with zero attached hydrogens (tertiary/aromatic N) is 3. The molecule has 0 spiro atoms. The number of hydrogen-bond acceptors (Lipinski definition) is 6. The summed E-state index contributed by atoms with van der Waals surface area (Å²) in [7, 11) is 0. The molecular formula is C21H33N3O4. The molecule has 0 atom stereocenters. The monoisotopic (exact) mass is 391 g/mol. The van der Waals surface area contributed by atoms with Crippen molar-refractivity contribution in [3.05, 3.63) is 11.7 Å². The van der Waals surface area contributed by atoms with E-state index in [1.807, 2.05) is 0 Å². The Morgan fingerprint density at radius 1 is 1.04 bits per heavy atom. The van der Waals surface area contributed by atoms with Gasteiger partial charge in [0.2, 0.25) is 11.8 Å². The quantitative estimate of drug-likeness (QED) is 0.742. The minimum Gasteiger partial charge on any atom is -0.381 e. The van der Waals surface area contributed by atoms with Gasteiger partial charge >= 0.3 is 0 Å². The fourth-order valence-corrected chi connectivity index (χ4v) is 4.65. The predicted octanol–water partition coefficient (Wildman–Crippen LogP) is 3.09.